The molecule has 0 aromatic heterocycles. The van der Waals surface area contributed by atoms with Gasteiger partial charge in [-0.2, -0.15) is 0 Å². The number of hydrogen-bond acceptors (Lipinski definition) is 10. The summed E-state index contributed by atoms with van der Waals surface area (Å²) in [6.45, 7) is -0.414. The molecule has 6 N–H and O–H groups in total. The molecule has 24 heavy (non-hydrogen) atoms. The maximum Gasteiger partial charge on any atom is 0.419 e. The number of carboxylic acid groups (broad SMARTS) is 2. The molecule has 2 atom stereocenters. The van der Waals surface area contributed by atoms with E-state index in [9.17, 15) is 28.8 Å². The van der Waals surface area contributed by atoms with E-state index in [1.165, 1.54) is 6.92 Å². The highest BCUT2D eigenvalue weighted by Crippen LogP contribution is 2.19. The molecule has 0 aromatic carbocycles. The van der Waals surface area contributed by atoms with Gasteiger partial charge in [0.25, 0.3) is 11.7 Å². The Morgan fingerprint density at radius 1 is 1.00 bits per heavy atom. The number of carbonyl (C=O) groups is 6. The van der Waals surface area contributed by atoms with Crippen LogP contribution < -0.4 is 11.5 Å². The highest BCUT2D eigenvalue weighted by molar-refractivity contribution is 6.31. The smallest absolute Gasteiger partial charge is 0.419 e. The number of ketones is 2. The predicted molar refractivity (Wildman–Crippen MR) is 72.4 cm³/mol. The van der Waals surface area contributed by atoms with Crippen LogP contribution in [0.2, 0.25) is 0 Å². The largest absolute Gasteiger partial charge is 0.478 e. The van der Waals surface area contributed by atoms with E-state index < -0.39 is 66.7 Å². The molecule has 0 radical (unpaired) electrons. The second kappa shape index (κ2) is 8.69. The van der Waals surface area contributed by atoms with Gasteiger partial charge in [-0.1, -0.05) is 6.92 Å². The van der Waals surface area contributed by atoms with Gasteiger partial charge < -0.3 is 31.2 Å². The summed E-state index contributed by atoms with van der Waals surface area (Å²) in [5, 5.41) is 17.8. The van der Waals surface area contributed by atoms with Crippen LogP contribution in [0.15, 0.2) is 0 Å². The summed E-state index contributed by atoms with van der Waals surface area (Å²) in [5.74, 6) is -10.2. The van der Waals surface area contributed by atoms with Gasteiger partial charge in [-0.25, -0.2) is 19.2 Å². The molecule has 0 saturated heterocycles. The molecule has 0 fully saturated rings. The van der Waals surface area contributed by atoms with Crippen molar-refractivity contribution in [3.63, 3.8) is 0 Å². The van der Waals surface area contributed by atoms with E-state index in [1.807, 2.05) is 0 Å². The van der Waals surface area contributed by atoms with E-state index in [1.54, 1.807) is 0 Å². The minimum absolute atomic E-state index is 0.554. The molecule has 0 amide bonds. The quantitative estimate of drug-likeness (QED) is 0.184. The number of aliphatic carboxylic acids is 2. The van der Waals surface area contributed by atoms with Gasteiger partial charge in [-0.05, 0) is 0 Å². The lowest BCUT2D eigenvalue weighted by Gasteiger charge is -2.25. The summed E-state index contributed by atoms with van der Waals surface area (Å²) in [7, 11) is 0. The van der Waals surface area contributed by atoms with Crippen LogP contribution in [0.1, 0.15) is 13.3 Å². The fraction of sp³-hybridized carbons (Fsp3) is 0.500. The Labute approximate surface area is 134 Å². The van der Waals surface area contributed by atoms with Gasteiger partial charge in [-0.3, -0.25) is 9.59 Å². The first-order valence-corrected chi connectivity index (χ1v) is 6.43. The van der Waals surface area contributed by atoms with Crippen molar-refractivity contribution >= 4 is 35.4 Å². The fourth-order valence-corrected chi connectivity index (χ4v) is 1.52. The number of rotatable bonds is 9. The summed E-state index contributed by atoms with van der Waals surface area (Å²) in [6, 6.07) is 0. The molecule has 12 nitrogen and oxygen atoms in total. The van der Waals surface area contributed by atoms with E-state index >= 15 is 0 Å². The van der Waals surface area contributed by atoms with E-state index in [0.29, 0.717) is 0 Å². The van der Waals surface area contributed by atoms with Gasteiger partial charge in [0.1, 0.15) is 0 Å². The highest BCUT2D eigenvalue weighted by atomic mass is 16.6. The minimum Gasteiger partial charge on any atom is -0.478 e. The van der Waals surface area contributed by atoms with Crippen molar-refractivity contribution in [1.82, 2.24) is 0 Å². The van der Waals surface area contributed by atoms with Crippen molar-refractivity contribution in [3.05, 3.63) is 0 Å². The highest BCUT2D eigenvalue weighted by Gasteiger charge is 2.49. The Morgan fingerprint density at radius 3 is 1.88 bits per heavy atom. The number of nitrogens with two attached hydrogens (primary N) is 2. The molecular weight excluding hydrogens is 332 g/mol. The molecule has 12 heteroatoms. The lowest BCUT2D eigenvalue weighted by molar-refractivity contribution is -0.191. The first-order chi connectivity index (χ1) is 11.1. The third kappa shape index (κ3) is 4.57. The molecule has 0 bridgehead atoms. The SMILES string of the molecule is CCC(OC(=O)C(=O)OC(C(=O)O)C(=O)CN)(C(=O)O)C(=O)CN. The second-order valence-corrected chi connectivity index (χ2v) is 4.30. The Kier molecular flexibility index (Phi) is 7.65. The Bertz CT molecular complexity index is 572. The number of esters is 2. The number of carboxylic acids is 2. The van der Waals surface area contributed by atoms with Crippen molar-refractivity contribution in [2.75, 3.05) is 13.1 Å². The first kappa shape index (κ1) is 21.1. The minimum atomic E-state index is -2.73. The summed E-state index contributed by atoms with van der Waals surface area (Å²) >= 11 is 0. The molecule has 0 aromatic rings. The van der Waals surface area contributed by atoms with Crippen LogP contribution >= 0.6 is 0 Å². The fourth-order valence-electron chi connectivity index (χ4n) is 1.52. The van der Waals surface area contributed by atoms with Crippen LogP contribution in [0.4, 0.5) is 0 Å². The Hall–Kier alpha value is -2.86. The first-order valence-electron chi connectivity index (χ1n) is 6.43. The maximum absolute atomic E-state index is 11.6. The zero-order chi connectivity index (χ0) is 19.1. The third-order valence-corrected chi connectivity index (χ3v) is 2.86. The summed E-state index contributed by atoms with van der Waals surface area (Å²) < 4.78 is 8.51. The summed E-state index contributed by atoms with van der Waals surface area (Å²) in [5.41, 5.74) is 7.24. The van der Waals surface area contributed by atoms with Crippen molar-refractivity contribution in [2.24, 2.45) is 11.5 Å². The summed E-state index contributed by atoms with van der Waals surface area (Å²) in [6.07, 6.45) is -2.93. The average Bonchev–Trinajstić information content (AvgIpc) is 2.54. The van der Waals surface area contributed by atoms with Crippen LogP contribution in [0.25, 0.3) is 0 Å². The lowest BCUT2D eigenvalue weighted by Crippen LogP contribution is -2.53. The zero-order valence-corrected chi connectivity index (χ0v) is 12.5. The van der Waals surface area contributed by atoms with Gasteiger partial charge >= 0.3 is 23.9 Å². The lowest BCUT2D eigenvalue weighted by atomic mass is 9.95. The molecule has 0 aliphatic heterocycles. The third-order valence-electron chi connectivity index (χ3n) is 2.86. The molecule has 2 unspecified atom stereocenters. The normalized spacial score (nSPS) is 14.0. The number of ether oxygens (including phenoxy) is 2. The molecule has 0 spiro atoms. The number of Topliss-reactive ketones (excluding diaryl/α,β-unsaturated/α-hetero) is 2. The van der Waals surface area contributed by atoms with Crippen LogP contribution in [-0.4, -0.2) is 70.5 Å². The maximum atomic E-state index is 11.6. The standard InChI is InChI=1S/C12H16N2O10/c1-2-12(11(21)22,6(16)4-14)24-10(20)9(19)23-7(8(17)18)5(15)3-13/h7H,2-4,13-14H2,1H3,(H,17,18)(H,21,22). The topological polar surface area (TPSA) is 213 Å². The molecular formula is C12H16N2O10. The van der Waals surface area contributed by atoms with Gasteiger partial charge in [0.2, 0.25) is 5.78 Å². The molecule has 0 heterocycles. The van der Waals surface area contributed by atoms with Crippen LogP contribution in [0, 0.1) is 0 Å². The van der Waals surface area contributed by atoms with Gasteiger partial charge in [0, 0.05) is 6.42 Å². The predicted octanol–water partition coefficient (Wildman–Crippen LogP) is -3.18. The second-order valence-electron chi connectivity index (χ2n) is 4.30. The van der Waals surface area contributed by atoms with Crippen molar-refractivity contribution in [1.29, 1.82) is 0 Å². The molecule has 0 aliphatic rings. The Balaban J connectivity index is 5.36. The molecule has 134 valence electrons. The molecule has 0 rings (SSSR count). The van der Waals surface area contributed by atoms with Crippen LogP contribution in [-0.2, 0) is 38.2 Å². The van der Waals surface area contributed by atoms with E-state index in [-0.39, 0.29) is 0 Å². The van der Waals surface area contributed by atoms with Gasteiger partial charge in [-0.15, -0.1) is 0 Å². The van der Waals surface area contributed by atoms with E-state index in [4.69, 9.17) is 21.7 Å². The van der Waals surface area contributed by atoms with E-state index in [2.05, 4.69) is 9.47 Å². The number of carbonyl (C=O) groups excluding carboxylic acids is 4. The van der Waals surface area contributed by atoms with Crippen LogP contribution in [0.5, 0.6) is 0 Å². The summed E-state index contributed by atoms with van der Waals surface area (Å²) in [4.78, 5) is 68.0. The van der Waals surface area contributed by atoms with Crippen molar-refractivity contribution in [2.45, 2.75) is 25.0 Å². The molecule has 0 aliphatic carbocycles. The van der Waals surface area contributed by atoms with Gasteiger partial charge in [0.05, 0.1) is 13.1 Å². The average molecular weight is 348 g/mol. The van der Waals surface area contributed by atoms with Crippen molar-refractivity contribution in [3.8, 4) is 0 Å². The zero-order valence-electron chi connectivity index (χ0n) is 12.5. The molecule has 0 saturated carbocycles. The monoisotopic (exact) mass is 348 g/mol. The number of hydrogen-bond donors (Lipinski definition) is 4. The Morgan fingerprint density at radius 2 is 1.54 bits per heavy atom. The van der Waals surface area contributed by atoms with Gasteiger partial charge in [0.15, 0.2) is 5.78 Å². The van der Waals surface area contributed by atoms with Crippen molar-refractivity contribution < 1.29 is 48.5 Å². The van der Waals surface area contributed by atoms with E-state index in [0.717, 1.165) is 0 Å². The van der Waals surface area contributed by atoms with Crippen LogP contribution in [0.3, 0.4) is 0 Å².